The Morgan fingerprint density at radius 3 is 3.06 bits per heavy atom. The first-order chi connectivity index (χ1) is 8.22. The number of piperidine rings is 1. The number of nitrogens with zero attached hydrogens (tertiary/aromatic N) is 1. The molecule has 0 aromatic carbocycles. The average Bonchev–Trinajstić information content (AvgIpc) is 2.81. The van der Waals surface area contributed by atoms with Crippen molar-refractivity contribution >= 4 is 5.91 Å². The fraction of sp³-hybridized carbons (Fsp3) is 0.615. The summed E-state index contributed by atoms with van der Waals surface area (Å²) in [4.78, 5) is 14.0. The number of amides is 1. The Morgan fingerprint density at radius 2 is 2.41 bits per heavy atom. The second-order valence-electron chi connectivity index (χ2n) is 4.67. The van der Waals surface area contributed by atoms with Crippen LogP contribution >= 0.6 is 0 Å². The van der Waals surface area contributed by atoms with Gasteiger partial charge in [0.25, 0.3) is 0 Å². The minimum Gasteiger partial charge on any atom is -0.469 e. The zero-order valence-electron chi connectivity index (χ0n) is 10.1. The molecule has 1 saturated heterocycles. The molecule has 1 aliphatic heterocycles. The molecule has 0 aliphatic carbocycles. The molecule has 2 rings (SSSR count). The van der Waals surface area contributed by atoms with Crippen LogP contribution in [0.25, 0.3) is 0 Å². The van der Waals surface area contributed by atoms with E-state index in [1.165, 1.54) is 0 Å². The van der Waals surface area contributed by atoms with Crippen molar-refractivity contribution in [2.45, 2.75) is 44.7 Å². The number of likely N-dealkylation sites (tertiary alicyclic amines) is 1. The maximum atomic E-state index is 12.2. The number of hydrogen-bond donors (Lipinski definition) is 1. The highest BCUT2D eigenvalue weighted by Gasteiger charge is 2.31. The Balaban J connectivity index is 2.05. The molecule has 1 fully saturated rings. The second kappa shape index (κ2) is 5.36. The van der Waals surface area contributed by atoms with Gasteiger partial charge in [0.1, 0.15) is 5.76 Å². The Hall–Kier alpha value is -1.29. The molecular formula is C13H19NO3. The summed E-state index contributed by atoms with van der Waals surface area (Å²) < 4.78 is 5.19. The van der Waals surface area contributed by atoms with Crippen LogP contribution in [0.3, 0.4) is 0 Å². The van der Waals surface area contributed by atoms with Crippen molar-refractivity contribution in [1.82, 2.24) is 4.90 Å². The molecule has 0 bridgehead atoms. The fourth-order valence-electron chi connectivity index (χ4n) is 2.57. The van der Waals surface area contributed by atoms with Gasteiger partial charge in [0.05, 0.1) is 25.3 Å². The number of carbonyl (C=O) groups excluding carboxylic acids is 1. The van der Waals surface area contributed by atoms with Crippen molar-refractivity contribution in [2.24, 2.45) is 0 Å². The van der Waals surface area contributed by atoms with Gasteiger partial charge < -0.3 is 14.4 Å². The van der Waals surface area contributed by atoms with Crippen LogP contribution in [0, 0.1) is 0 Å². The van der Waals surface area contributed by atoms with Gasteiger partial charge in [-0.2, -0.15) is 0 Å². The average molecular weight is 237 g/mol. The summed E-state index contributed by atoms with van der Waals surface area (Å²) in [5, 5.41) is 9.34. The molecule has 2 atom stereocenters. The highest BCUT2D eigenvalue weighted by Crippen LogP contribution is 2.23. The molecule has 0 spiro atoms. The number of hydrogen-bond acceptors (Lipinski definition) is 3. The lowest BCUT2D eigenvalue weighted by molar-refractivity contribution is -0.138. The summed E-state index contributed by atoms with van der Waals surface area (Å²) in [7, 11) is 0. The van der Waals surface area contributed by atoms with Crippen LogP contribution in [-0.2, 0) is 11.2 Å². The van der Waals surface area contributed by atoms with Crippen LogP contribution in [0.15, 0.2) is 22.8 Å². The summed E-state index contributed by atoms with van der Waals surface area (Å²) in [6.45, 7) is 2.09. The van der Waals surface area contributed by atoms with E-state index in [4.69, 9.17) is 4.42 Å². The molecule has 4 heteroatoms. The third-order valence-electron chi connectivity index (χ3n) is 3.43. The molecule has 0 saturated carbocycles. The predicted octanol–water partition coefficient (Wildman–Crippen LogP) is 1.58. The minimum atomic E-state index is -0.0267. The third kappa shape index (κ3) is 2.69. The van der Waals surface area contributed by atoms with E-state index in [9.17, 15) is 9.90 Å². The quantitative estimate of drug-likeness (QED) is 0.868. The Bertz CT molecular complexity index is 361. The van der Waals surface area contributed by atoms with Gasteiger partial charge >= 0.3 is 0 Å². The molecular weight excluding hydrogens is 218 g/mol. The van der Waals surface area contributed by atoms with E-state index in [1.807, 2.05) is 11.8 Å². The van der Waals surface area contributed by atoms with Gasteiger partial charge in [0.15, 0.2) is 0 Å². The maximum absolute atomic E-state index is 12.2. The first kappa shape index (κ1) is 12.2. The SMILES string of the molecule is C[C@@H]1CCC[C@H](CO)N1C(=O)Cc1ccco1. The highest BCUT2D eigenvalue weighted by atomic mass is 16.3. The minimum absolute atomic E-state index is 0.0267. The molecule has 1 aliphatic rings. The molecule has 17 heavy (non-hydrogen) atoms. The summed E-state index contributed by atoms with van der Waals surface area (Å²) >= 11 is 0. The topological polar surface area (TPSA) is 53.7 Å². The molecule has 1 aromatic heterocycles. The number of rotatable bonds is 3. The molecule has 1 N–H and O–H groups in total. The second-order valence-corrected chi connectivity index (χ2v) is 4.67. The first-order valence-corrected chi connectivity index (χ1v) is 6.16. The fourth-order valence-corrected chi connectivity index (χ4v) is 2.57. The molecule has 0 unspecified atom stereocenters. The van der Waals surface area contributed by atoms with Crippen molar-refractivity contribution in [3.05, 3.63) is 24.2 Å². The van der Waals surface area contributed by atoms with Gasteiger partial charge in [0, 0.05) is 6.04 Å². The van der Waals surface area contributed by atoms with Gasteiger partial charge in [-0.3, -0.25) is 4.79 Å². The normalized spacial score (nSPS) is 24.9. The largest absolute Gasteiger partial charge is 0.469 e. The number of aliphatic hydroxyl groups excluding tert-OH is 1. The number of carbonyl (C=O) groups is 1. The Labute approximate surface area is 101 Å². The van der Waals surface area contributed by atoms with Crippen LogP contribution in [-0.4, -0.2) is 34.6 Å². The Morgan fingerprint density at radius 1 is 1.59 bits per heavy atom. The van der Waals surface area contributed by atoms with Crippen LogP contribution in [0.2, 0.25) is 0 Å². The standard InChI is InChI=1S/C13H19NO3/c1-10-4-2-5-11(9-15)14(10)13(16)8-12-6-3-7-17-12/h3,6-7,10-11,15H,2,4-5,8-9H2,1H3/t10-,11-/m1/s1. The smallest absolute Gasteiger partial charge is 0.230 e. The van der Waals surface area contributed by atoms with Crippen molar-refractivity contribution in [3.8, 4) is 0 Å². The molecule has 94 valence electrons. The van der Waals surface area contributed by atoms with E-state index in [0.29, 0.717) is 5.76 Å². The van der Waals surface area contributed by atoms with Gasteiger partial charge in [-0.15, -0.1) is 0 Å². The van der Waals surface area contributed by atoms with E-state index in [2.05, 4.69) is 0 Å². The van der Waals surface area contributed by atoms with Crippen LogP contribution in [0.1, 0.15) is 31.9 Å². The van der Waals surface area contributed by atoms with Crippen molar-refractivity contribution < 1.29 is 14.3 Å². The lowest BCUT2D eigenvalue weighted by Crippen LogP contribution is -2.51. The number of aliphatic hydroxyl groups is 1. The predicted molar refractivity (Wildman–Crippen MR) is 63.4 cm³/mol. The highest BCUT2D eigenvalue weighted by molar-refractivity contribution is 5.79. The van der Waals surface area contributed by atoms with Crippen LogP contribution < -0.4 is 0 Å². The van der Waals surface area contributed by atoms with Gasteiger partial charge in [-0.05, 0) is 38.3 Å². The summed E-state index contributed by atoms with van der Waals surface area (Å²) in [5.41, 5.74) is 0. The van der Waals surface area contributed by atoms with Gasteiger partial charge in [-0.25, -0.2) is 0 Å². The molecule has 4 nitrogen and oxygen atoms in total. The molecule has 1 aromatic rings. The van der Waals surface area contributed by atoms with Crippen molar-refractivity contribution in [3.63, 3.8) is 0 Å². The monoisotopic (exact) mass is 237 g/mol. The van der Waals surface area contributed by atoms with Crippen LogP contribution in [0.4, 0.5) is 0 Å². The lowest BCUT2D eigenvalue weighted by Gasteiger charge is -2.39. The van der Waals surface area contributed by atoms with E-state index >= 15 is 0 Å². The zero-order chi connectivity index (χ0) is 12.3. The summed E-state index contributed by atoms with van der Waals surface area (Å²) in [5.74, 6) is 0.732. The van der Waals surface area contributed by atoms with E-state index < -0.39 is 0 Å². The maximum Gasteiger partial charge on any atom is 0.230 e. The van der Waals surface area contributed by atoms with Crippen molar-refractivity contribution in [1.29, 1.82) is 0 Å². The first-order valence-electron chi connectivity index (χ1n) is 6.16. The Kier molecular flexibility index (Phi) is 3.84. The van der Waals surface area contributed by atoms with E-state index in [0.717, 1.165) is 19.3 Å². The van der Waals surface area contributed by atoms with Crippen LogP contribution in [0.5, 0.6) is 0 Å². The summed E-state index contributed by atoms with van der Waals surface area (Å²) in [6, 6.07) is 3.77. The van der Waals surface area contributed by atoms with Crippen molar-refractivity contribution in [2.75, 3.05) is 6.61 Å². The zero-order valence-corrected chi connectivity index (χ0v) is 10.1. The molecule has 2 heterocycles. The molecule has 0 radical (unpaired) electrons. The lowest BCUT2D eigenvalue weighted by atomic mass is 9.96. The van der Waals surface area contributed by atoms with E-state index in [1.54, 1.807) is 18.4 Å². The van der Waals surface area contributed by atoms with Gasteiger partial charge in [-0.1, -0.05) is 0 Å². The summed E-state index contributed by atoms with van der Waals surface area (Å²) in [6.07, 6.45) is 4.85. The third-order valence-corrected chi connectivity index (χ3v) is 3.43. The number of furan rings is 1. The molecule has 1 amide bonds. The van der Waals surface area contributed by atoms with E-state index in [-0.39, 0.29) is 31.0 Å². The van der Waals surface area contributed by atoms with Gasteiger partial charge in [0.2, 0.25) is 5.91 Å².